The molecule has 1 amide bonds. The molecule has 0 N–H and O–H groups in total. The maximum Gasteiger partial charge on any atom is 0.227 e. The number of piperidine rings is 1. The predicted molar refractivity (Wildman–Crippen MR) is 86.4 cm³/mol. The van der Waals surface area contributed by atoms with Gasteiger partial charge in [-0.05, 0) is 42.7 Å². The zero-order valence-electron chi connectivity index (χ0n) is 13.6. The van der Waals surface area contributed by atoms with E-state index in [4.69, 9.17) is 0 Å². The van der Waals surface area contributed by atoms with Gasteiger partial charge in [-0.3, -0.25) is 4.79 Å². The number of hydrogen-bond acceptors (Lipinski definition) is 1. The van der Waals surface area contributed by atoms with E-state index in [2.05, 4.69) is 29.2 Å². The van der Waals surface area contributed by atoms with Crippen LogP contribution in [0.25, 0.3) is 0 Å². The highest BCUT2D eigenvalue weighted by molar-refractivity contribution is 5.81. The quantitative estimate of drug-likeness (QED) is 0.792. The monoisotopic (exact) mass is 285 g/mol. The van der Waals surface area contributed by atoms with Crippen LogP contribution in [-0.4, -0.2) is 23.9 Å². The lowest BCUT2D eigenvalue weighted by molar-refractivity contribution is -0.140. The van der Waals surface area contributed by atoms with Gasteiger partial charge in [0, 0.05) is 24.4 Å². The molecule has 1 saturated carbocycles. The third-order valence-electron chi connectivity index (χ3n) is 4.81. The van der Waals surface area contributed by atoms with Gasteiger partial charge < -0.3 is 4.90 Å². The molecule has 2 heteroatoms. The zero-order valence-corrected chi connectivity index (χ0v) is 13.6. The average Bonchev–Trinajstić information content (AvgIpc) is 3.30. The first-order valence-corrected chi connectivity index (χ1v) is 8.34. The van der Waals surface area contributed by atoms with Crippen molar-refractivity contribution in [2.75, 3.05) is 13.1 Å². The molecule has 114 valence electrons. The summed E-state index contributed by atoms with van der Waals surface area (Å²) in [6.45, 7) is 7.86. The second-order valence-electron chi connectivity index (χ2n) is 7.78. The Bertz CT molecular complexity index is 507. The Kier molecular flexibility index (Phi) is 3.81. The van der Waals surface area contributed by atoms with Crippen LogP contribution in [0.3, 0.4) is 0 Å². The Morgan fingerprint density at radius 1 is 1.00 bits per heavy atom. The van der Waals surface area contributed by atoms with Gasteiger partial charge in [-0.1, -0.05) is 45.0 Å². The van der Waals surface area contributed by atoms with E-state index in [1.165, 1.54) is 30.4 Å². The molecule has 1 atom stereocenters. The van der Waals surface area contributed by atoms with Crippen molar-refractivity contribution in [3.05, 3.63) is 35.4 Å². The average molecular weight is 285 g/mol. The van der Waals surface area contributed by atoms with E-state index in [0.717, 1.165) is 25.4 Å². The molecule has 0 radical (unpaired) electrons. The van der Waals surface area contributed by atoms with Crippen molar-refractivity contribution < 1.29 is 4.79 Å². The summed E-state index contributed by atoms with van der Waals surface area (Å²) < 4.78 is 0. The molecule has 1 saturated heterocycles. The van der Waals surface area contributed by atoms with Gasteiger partial charge in [-0.15, -0.1) is 0 Å². The van der Waals surface area contributed by atoms with Gasteiger partial charge in [0.1, 0.15) is 0 Å². The van der Waals surface area contributed by atoms with Crippen LogP contribution < -0.4 is 0 Å². The Hall–Kier alpha value is -1.31. The molecule has 1 aliphatic heterocycles. The van der Waals surface area contributed by atoms with Crippen LogP contribution >= 0.6 is 0 Å². The van der Waals surface area contributed by atoms with E-state index in [1.807, 2.05) is 20.8 Å². The van der Waals surface area contributed by atoms with Gasteiger partial charge >= 0.3 is 0 Å². The second-order valence-corrected chi connectivity index (χ2v) is 7.78. The topological polar surface area (TPSA) is 20.3 Å². The van der Waals surface area contributed by atoms with E-state index >= 15 is 0 Å². The Labute approximate surface area is 128 Å². The number of rotatable bonds is 2. The Morgan fingerprint density at radius 3 is 2.10 bits per heavy atom. The number of carbonyl (C=O) groups is 1. The number of carbonyl (C=O) groups excluding carboxylic acids is 1. The molecule has 1 heterocycles. The smallest absolute Gasteiger partial charge is 0.227 e. The molecule has 0 aromatic heterocycles. The van der Waals surface area contributed by atoms with Crippen LogP contribution in [0, 0.1) is 5.41 Å². The first kappa shape index (κ1) is 14.6. The molecule has 0 unspecified atom stereocenters. The number of likely N-dealkylation sites (tertiary alicyclic amines) is 1. The number of amides is 1. The van der Waals surface area contributed by atoms with Gasteiger partial charge in [0.25, 0.3) is 0 Å². The fourth-order valence-electron chi connectivity index (χ4n) is 3.37. The Morgan fingerprint density at radius 2 is 1.57 bits per heavy atom. The molecule has 2 fully saturated rings. The van der Waals surface area contributed by atoms with Gasteiger partial charge in [0.2, 0.25) is 5.91 Å². The van der Waals surface area contributed by atoms with Crippen molar-refractivity contribution in [3.8, 4) is 0 Å². The number of benzene rings is 1. The van der Waals surface area contributed by atoms with Crippen molar-refractivity contribution in [2.24, 2.45) is 5.41 Å². The van der Waals surface area contributed by atoms with E-state index < -0.39 is 0 Å². The fourth-order valence-corrected chi connectivity index (χ4v) is 3.37. The highest BCUT2D eigenvalue weighted by atomic mass is 16.2. The molecule has 21 heavy (non-hydrogen) atoms. The fraction of sp³-hybridized carbons (Fsp3) is 0.632. The molecular weight excluding hydrogens is 258 g/mol. The van der Waals surface area contributed by atoms with Crippen LogP contribution in [0.2, 0.25) is 0 Å². The van der Waals surface area contributed by atoms with Gasteiger partial charge in [0.05, 0.1) is 0 Å². The molecule has 1 aromatic rings. The minimum atomic E-state index is -0.266. The molecule has 1 aliphatic carbocycles. The van der Waals surface area contributed by atoms with Gasteiger partial charge in [-0.25, -0.2) is 0 Å². The van der Waals surface area contributed by atoms with Gasteiger partial charge in [0.15, 0.2) is 0 Å². The van der Waals surface area contributed by atoms with Crippen molar-refractivity contribution >= 4 is 5.91 Å². The van der Waals surface area contributed by atoms with Crippen molar-refractivity contribution in [3.63, 3.8) is 0 Å². The maximum atomic E-state index is 12.5. The summed E-state index contributed by atoms with van der Waals surface area (Å²) in [7, 11) is 0. The summed E-state index contributed by atoms with van der Waals surface area (Å²) in [4.78, 5) is 14.5. The van der Waals surface area contributed by atoms with Crippen LogP contribution in [0.5, 0.6) is 0 Å². The maximum absolute atomic E-state index is 12.5. The van der Waals surface area contributed by atoms with Crippen LogP contribution in [-0.2, 0) is 4.79 Å². The van der Waals surface area contributed by atoms with E-state index in [-0.39, 0.29) is 5.41 Å². The van der Waals surface area contributed by atoms with Crippen LogP contribution in [0.4, 0.5) is 0 Å². The summed E-state index contributed by atoms with van der Waals surface area (Å²) in [5, 5.41) is 0. The first-order valence-electron chi connectivity index (χ1n) is 8.34. The number of nitrogens with zero attached hydrogens (tertiary/aromatic N) is 1. The number of hydrogen-bond donors (Lipinski definition) is 0. The SMILES string of the molecule is CC(C)(C)C(=O)N1CCC[C@@H](c2ccc(C3CC3)cc2)C1. The highest BCUT2D eigenvalue weighted by Gasteiger charge is 2.31. The molecule has 3 rings (SSSR count). The van der Waals surface area contributed by atoms with E-state index in [9.17, 15) is 4.79 Å². The second kappa shape index (κ2) is 5.47. The lowest BCUT2D eigenvalue weighted by atomic mass is 9.87. The zero-order chi connectivity index (χ0) is 15.0. The first-order chi connectivity index (χ1) is 9.95. The van der Waals surface area contributed by atoms with Crippen molar-refractivity contribution in [1.29, 1.82) is 0 Å². The highest BCUT2D eigenvalue weighted by Crippen LogP contribution is 2.40. The third-order valence-corrected chi connectivity index (χ3v) is 4.81. The molecule has 2 nitrogen and oxygen atoms in total. The minimum absolute atomic E-state index is 0.266. The summed E-state index contributed by atoms with van der Waals surface area (Å²) in [6, 6.07) is 9.20. The predicted octanol–water partition coefficient (Wildman–Crippen LogP) is 4.32. The summed E-state index contributed by atoms with van der Waals surface area (Å²) in [5.74, 6) is 1.63. The molecule has 0 bridgehead atoms. The van der Waals surface area contributed by atoms with E-state index in [0.29, 0.717) is 11.8 Å². The van der Waals surface area contributed by atoms with Gasteiger partial charge in [-0.2, -0.15) is 0 Å². The lowest BCUT2D eigenvalue weighted by Crippen LogP contribution is -2.44. The van der Waals surface area contributed by atoms with Crippen LogP contribution in [0.1, 0.15) is 69.4 Å². The largest absolute Gasteiger partial charge is 0.342 e. The standard InChI is InChI=1S/C19H27NO/c1-19(2,3)18(21)20-12-4-5-17(13-20)16-10-8-15(9-11-16)14-6-7-14/h8-11,14,17H,4-7,12-13H2,1-3H3/t17-/m1/s1. The lowest BCUT2D eigenvalue weighted by Gasteiger charge is -2.36. The minimum Gasteiger partial charge on any atom is -0.342 e. The van der Waals surface area contributed by atoms with E-state index in [1.54, 1.807) is 0 Å². The summed E-state index contributed by atoms with van der Waals surface area (Å²) >= 11 is 0. The van der Waals surface area contributed by atoms with Crippen molar-refractivity contribution in [2.45, 2.75) is 58.3 Å². The third kappa shape index (κ3) is 3.30. The molecular formula is C19H27NO. The van der Waals surface area contributed by atoms with Crippen LogP contribution in [0.15, 0.2) is 24.3 Å². The van der Waals surface area contributed by atoms with Crippen molar-refractivity contribution in [1.82, 2.24) is 4.90 Å². The molecule has 0 spiro atoms. The Balaban J connectivity index is 1.69. The summed E-state index contributed by atoms with van der Waals surface area (Å²) in [5.41, 5.74) is 2.64. The normalized spacial score (nSPS) is 23.2. The molecule has 1 aromatic carbocycles. The molecule has 2 aliphatic rings. The summed E-state index contributed by atoms with van der Waals surface area (Å²) in [6.07, 6.45) is 5.04.